The van der Waals surface area contributed by atoms with Crippen molar-refractivity contribution in [2.24, 2.45) is 5.92 Å². The molecule has 130 valence electrons. The number of rotatable bonds is 4. The summed E-state index contributed by atoms with van der Waals surface area (Å²) < 4.78 is 11.6. The monoisotopic (exact) mass is 394 g/mol. The molecule has 4 nitrogen and oxygen atoms in total. The van der Waals surface area contributed by atoms with E-state index in [0.717, 1.165) is 27.6 Å². The molecule has 0 bridgehead atoms. The standard InChI is InChI=1S/C19H23BrO4/c1-11-8-18(24-14(4)22)16(9-17(11)20)19(5)7-6-15(12(19)2)10-23-13(3)21/h6,8-9,12H,7,10H2,1-5H3. The smallest absolute Gasteiger partial charge is 0.308 e. The molecule has 0 aliphatic heterocycles. The van der Waals surface area contributed by atoms with E-state index in [9.17, 15) is 9.59 Å². The predicted molar refractivity (Wildman–Crippen MR) is 96.0 cm³/mol. The lowest BCUT2D eigenvalue weighted by Gasteiger charge is -2.33. The first-order valence-corrected chi connectivity index (χ1v) is 8.75. The quantitative estimate of drug-likeness (QED) is 0.429. The van der Waals surface area contributed by atoms with Crippen molar-refractivity contribution < 1.29 is 19.1 Å². The van der Waals surface area contributed by atoms with Crippen LogP contribution in [0.3, 0.4) is 0 Å². The lowest BCUT2D eigenvalue weighted by molar-refractivity contribution is -0.140. The fourth-order valence-corrected chi connectivity index (χ4v) is 3.50. The fraction of sp³-hybridized carbons (Fsp3) is 0.474. The summed E-state index contributed by atoms with van der Waals surface area (Å²) >= 11 is 3.58. The second kappa shape index (κ2) is 7.09. The summed E-state index contributed by atoms with van der Waals surface area (Å²) in [6.45, 7) is 9.36. The molecule has 5 heteroatoms. The molecule has 1 aromatic rings. The van der Waals surface area contributed by atoms with Gasteiger partial charge in [0.1, 0.15) is 12.4 Å². The average molecular weight is 395 g/mol. The Labute approximate surface area is 151 Å². The Morgan fingerprint density at radius 3 is 2.54 bits per heavy atom. The summed E-state index contributed by atoms with van der Waals surface area (Å²) in [5.74, 6) is 0.149. The van der Waals surface area contributed by atoms with Gasteiger partial charge in [-0.25, -0.2) is 0 Å². The van der Waals surface area contributed by atoms with E-state index in [0.29, 0.717) is 12.4 Å². The van der Waals surface area contributed by atoms with Crippen LogP contribution in [-0.2, 0) is 19.7 Å². The highest BCUT2D eigenvalue weighted by Crippen LogP contribution is 2.49. The van der Waals surface area contributed by atoms with Gasteiger partial charge in [0.05, 0.1) is 0 Å². The molecule has 2 atom stereocenters. The molecule has 0 aromatic heterocycles. The zero-order chi connectivity index (χ0) is 18.1. The van der Waals surface area contributed by atoms with Crippen molar-refractivity contribution in [1.82, 2.24) is 0 Å². The third-order valence-corrected chi connectivity index (χ3v) is 5.73. The first kappa shape index (κ1) is 18.7. The Morgan fingerprint density at radius 2 is 1.96 bits per heavy atom. The van der Waals surface area contributed by atoms with Gasteiger partial charge in [0.2, 0.25) is 0 Å². The van der Waals surface area contributed by atoms with Gasteiger partial charge in [-0.1, -0.05) is 35.9 Å². The lowest BCUT2D eigenvalue weighted by atomic mass is 9.72. The van der Waals surface area contributed by atoms with Crippen LogP contribution in [0, 0.1) is 12.8 Å². The Bertz CT molecular complexity index is 708. The topological polar surface area (TPSA) is 52.6 Å². The second-order valence-corrected chi connectivity index (χ2v) is 7.45. The van der Waals surface area contributed by atoms with Gasteiger partial charge < -0.3 is 9.47 Å². The Morgan fingerprint density at radius 1 is 1.29 bits per heavy atom. The van der Waals surface area contributed by atoms with Crippen LogP contribution in [0.2, 0.25) is 0 Å². The molecule has 1 aliphatic rings. The van der Waals surface area contributed by atoms with Crippen molar-refractivity contribution in [1.29, 1.82) is 0 Å². The van der Waals surface area contributed by atoms with E-state index in [1.807, 2.05) is 19.1 Å². The molecule has 0 heterocycles. The minimum atomic E-state index is -0.333. The second-order valence-electron chi connectivity index (χ2n) is 6.59. The highest BCUT2D eigenvalue weighted by atomic mass is 79.9. The van der Waals surface area contributed by atoms with Crippen LogP contribution in [0.25, 0.3) is 0 Å². The molecule has 24 heavy (non-hydrogen) atoms. The Kier molecular flexibility index (Phi) is 5.53. The number of esters is 2. The number of ether oxygens (including phenoxy) is 2. The van der Waals surface area contributed by atoms with Crippen LogP contribution >= 0.6 is 15.9 Å². The summed E-state index contributed by atoms with van der Waals surface area (Å²) in [6, 6.07) is 3.93. The van der Waals surface area contributed by atoms with Crippen molar-refractivity contribution in [3.8, 4) is 5.75 Å². The zero-order valence-corrected chi connectivity index (χ0v) is 16.3. The maximum Gasteiger partial charge on any atom is 0.308 e. The van der Waals surface area contributed by atoms with Gasteiger partial charge in [0, 0.05) is 29.3 Å². The van der Waals surface area contributed by atoms with Crippen LogP contribution < -0.4 is 4.74 Å². The molecule has 1 aliphatic carbocycles. The van der Waals surface area contributed by atoms with E-state index >= 15 is 0 Å². The number of halogens is 1. The number of carbonyl (C=O) groups excluding carboxylic acids is 2. The first-order valence-electron chi connectivity index (χ1n) is 7.96. The van der Waals surface area contributed by atoms with E-state index in [4.69, 9.17) is 9.47 Å². The van der Waals surface area contributed by atoms with Crippen LogP contribution in [0.15, 0.2) is 28.3 Å². The molecule has 0 fully saturated rings. The SMILES string of the molecule is CC(=O)OCC1=CCC(C)(c2cc(Br)c(C)cc2OC(C)=O)C1C. The molecule has 0 N–H and O–H groups in total. The molecule has 0 saturated carbocycles. The third kappa shape index (κ3) is 3.72. The summed E-state index contributed by atoms with van der Waals surface area (Å²) in [6.07, 6.45) is 2.92. The number of allylic oxidation sites excluding steroid dienone is 1. The van der Waals surface area contributed by atoms with Gasteiger partial charge >= 0.3 is 11.9 Å². The van der Waals surface area contributed by atoms with Gasteiger partial charge in [-0.05, 0) is 42.5 Å². The highest BCUT2D eigenvalue weighted by molar-refractivity contribution is 9.10. The number of benzene rings is 1. The molecular weight excluding hydrogens is 372 g/mol. The first-order chi connectivity index (χ1) is 11.1. The molecular formula is C19H23BrO4. The van der Waals surface area contributed by atoms with Crippen LogP contribution in [0.4, 0.5) is 0 Å². The molecule has 2 unspecified atom stereocenters. The summed E-state index contributed by atoms with van der Waals surface area (Å²) in [7, 11) is 0. The van der Waals surface area contributed by atoms with E-state index in [-0.39, 0.29) is 23.3 Å². The maximum atomic E-state index is 11.5. The van der Waals surface area contributed by atoms with E-state index in [2.05, 4.69) is 35.9 Å². The number of aryl methyl sites for hydroxylation is 1. The largest absolute Gasteiger partial charge is 0.461 e. The number of carbonyl (C=O) groups is 2. The van der Waals surface area contributed by atoms with Crippen LogP contribution in [0.1, 0.15) is 45.2 Å². The minimum absolute atomic E-state index is 0.167. The van der Waals surface area contributed by atoms with Gasteiger partial charge in [0.25, 0.3) is 0 Å². The Hall–Kier alpha value is -1.62. The molecule has 1 aromatic carbocycles. The highest BCUT2D eigenvalue weighted by Gasteiger charge is 2.41. The normalized spacial score (nSPS) is 22.9. The van der Waals surface area contributed by atoms with Crippen molar-refractivity contribution in [3.63, 3.8) is 0 Å². The zero-order valence-electron chi connectivity index (χ0n) is 14.7. The van der Waals surface area contributed by atoms with Gasteiger partial charge in [-0.15, -0.1) is 0 Å². The molecule has 0 spiro atoms. The third-order valence-electron chi connectivity index (χ3n) is 4.87. The number of hydrogen-bond donors (Lipinski definition) is 0. The van der Waals surface area contributed by atoms with E-state index in [1.165, 1.54) is 13.8 Å². The summed E-state index contributed by atoms with van der Waals surface area (Å²) in [5, 5.41) is 0. The minimum Gasteiger partial charge on any atom is -0.461 e. The Balaban J connectivity index is 2.38. The van der Waals surface area contributed by atoms with Crippen LogP contribution in [0.5, 0.6) is 5.75 Å². The fourth-order valence-electron chi connectivity index (χ4n) is 3.16. The molecule has 0 radical (unpaired) electrons. The van der Waals surface area contributed by atoms with Gasteiger partial charge in [-0.2, -0.15) is 0 Å². The van der Waals surface area contributed by atoms with Crippen molar-refractivity contribution in [2.75, 3.05) is 6.61 Å². The van der Waals surface area contributed by atoms with E-state index < -0.39 is 0 Å². The average Bonchev–Trinajstić information content (AvgIpc) is 2.77. The van der Waals surface area contributed by atoms with Crippen molar-refractivity contribution in [2.45, 2.75) is 46.5 Å². The predicted octanol–water partition coefficient (Wildman–Crippen LogP) is 4.47. The molecule has 0 saturated heterocycles. The van der Waals surface area contributed by atoms with Crippen LogP contribution in [-0.4, -0.2) is 18.5 Å². The molecule has 0 amide bonds. The van der Waals surface area contributed by atoms with Crippen molar-refractivity contribution in [3.05, 3.63) is 39.4 Å². The summed E-state index contributed by atoms with van der Waals surface area (Å²) in [5.41, 5.74) is 2.86. The van der Waals surface area contributed by atoms with Gasteiger partial charge in [0.15, 0.2) is 0 Å². The summed E-state index contributed by atoms with van der Waals surface area (Å²) in [4.78, 5) is 22.6. The lowest BCUT2D eigenvalue weighted by Crippen LogP contribution is -2.29. The molecule has 2 rings (SSSR count). The van der Waals surface area contributed by atoms with E-state index in [1.54, 1.807) is 0 Å². The van der Waals surface area contributed by atoms with Crippen molar-refractivity contribution >= 4 is 27.9 Å². The van der Waals surface area contributed by atoms with Gasteiger partial charge in [-0.3, -0.25) is 9.59 Å². The number of hydrogen-bond acceptors (Lipinski definition) is 4. The maximum absolute atomic E-state index is 11.5.